The fourth-order valence-electron chi connectivity index (χ4n) is 10.3. The second kappa shape index (κ2) is 21.1. The predicted octanol–water partition coefficient (Wildman–Crippen LogP) is 17.1. The number of hydrogen-bond acceptors (Lipinski definition) is 5. The average Bonchev–Trinajstić information content (AvgIpc) is 3.89. The molecule has 0 saturated carbocycles. The average molecular weight is 1160 g/mol. The minimum atomic E-state index is -1.36. The molecule has 0 spiro atoms. The zero-order valence-electron chi connectivity index (χ0n) is 45.6. The van der Waals surface area contributed by atoms with Crippen LogP contribution in [0.25, 0.3) is 83.5 Å². The fourth-order valence-corrected chi connectivity index (χ4v) is 11.9. The van der Waals surface area contributed by atoms with Crippen molar-refractivity contribution >= 4 is 57.3 Å². The Hall–Kier alpha value is -6.05. The SMILES string of the molecule is Cc1c[c-]c(-c2cc(CC(C)C)c([Si](C)(C)C)cn2)c(C)c1.Cc1ccc2c(ccc3nc(-c4[c-]ccc5c4oc4nc(CC(C)(C)C)ccc45)n(-c4c(C(C)C)cc(-c5ccccc5)cc4C(C)C)c32)n1.[Ir]. The van der Waals surface area contributed by atoms with Crippen LogP contribution in [-0.4, -0.2) is 32.6 Å². The zero-order chi connectivity index (χ0) is 51.4. The van der Waals surface area contributed by atoms with E-state index in [1.165, 1.54) is 44.1 Å². The van der Waals surface area contributed by atoms with Gasteiger partial charge in [0.25, 0.3) is 0 Å². The van der Waals surface area contributed by atoms with E-state index in [-0.39, 0.29) is 37.4 Å². The molecule has 0 saturated heterocycles. The van der Waals surface area contributed by atoms with E-state index < -0.39 is 8.07 Å². The van der Waals surface area contributed by atoms with Crippen molar-refractivity contribution in [3.8, 4) is 39.5 Å². The summed E-state index contributed by atoms with van der Waals surface area (Å²) in [4.78, 5) is 20.2. The van der Waals surface area contributed by atoms with Gasteiger partial charge in [0.15, 0.2) is 0 Å². The number of nitrogens with zero attached hydrogens (tertiary/aromatic N) is 5. The number of hydrogen-bond donors (Lipinski definition) is 0. The molecule has 10 rings (SSSR count). The van der Waals surface area contributed by atoms with Crippen LogP contribution in [0.3, 0.4) is 0 Å². The van der Waals surface area contributed by atoms with Gasteiger partial charge in [0.05, 0.1) is 36.0 Å². The van der Waals surface area contributed by atoms with E-state index in [0.717, 1.165) is 90.9 Å². The van der Waals surface area contributed by atoms with E-state index in [2.05, 4.69) is 222 Å². The van der Waals surface area contributed by atoms with Crippen molar-refractivity contribution in [2.75, 3.05) is 0 Å². The van der Waals surface area contributed by atoms with Crippen molar-refractivity contribution < 1.29 is 24.5 Å². The first-order valence-corrected chi connectivity index (χ1v) is 29.4. The molecule has 5 aromatic heterocycles. The Morgan fingerprint density at radius 1 is 0.685 bits per heavy atom. The minimum absolute atomic E-state index is 0. The van der Waals surface area contributed by atoms with Gasteiger partial charge in [0.2, 0.25) is 5.71 Å². The fraction of sp³-hybridized carbons (Fsp3) is 0.323. The molecule has 0 bridgehead atoms. The Morgan fingerprint density at radius 2 is 1.37 bits per heavy atom. The van der Waals surface area contributed by atoms with Crippen molar-refractivity contribution in [1.82, 2.24) is 24.5 Å². The Morgan fingerprint density at radius 3 is 2.01 bits per heavy atom. The Kier molecular flexibility index (Phi) is 15.4. The van der Waals surface area contributed by atoms with E-state index in [1.54, 1.807) is 0 Å². The van der Waals surface area contributed by atoms with Crippen molar-refractivity contribution in [1.29, 1.82) is 0 Å². The first kappa shape index (κ1) is 53.2. The van der Waals surface area contributed by atoms with Gasteiger partial charge in [-0.05, 0) is 125 Å². The van der Waals surface area contributed by atoms with E-state index in [4.69, 9.17) is 24.4 Å². The number of rotatable bonds is 10. The van der Waals surface area contributed by atoms with Crippen LogP contribution in [0, 0.1) is 44.2 Å². The quantitative estimate of drug-likeness (QED) is 0.101. The molecule has 6 nitrogen and oxygen atoms in total. The van der Waals surface area contributed by atoms with Crippen LogP contribution in [0.2, 0.25) is 19.6 Å². The number of benzene rings is 5. The molecule has 0 aliphatic rings. The van der Waals surface area contributed by atoms with Crippen LogP contribution < -0.4 is 5.19 Å². The molecule has 0 fully saturated rings. The molecule has 0 atom stereocenters. The molecular weight excluding hydrogens is 1090 g/mol. The van der Waals surface area contributed by atoms with E-state index in [0.29, 0.717) is 11.6 Å². The van der Waals surface area contributed by atoms with Gasteiger partial charge < -0.3 is 14.0 Å². The summed E-state index contributed by atoms with van der Waals surface area (Å²) in [5, 5.41) is 4.57. The van der Waals surface area contributed by atoms with Crippen LogP contribution in [0.4, 0.5) is 0 Å². The summed E-state index contributed by atoms with van der Waals surface area (Å²) in [6.45, 7) is 33.9. The van der Waals surface area contributed by atoms with Crippen molar-refractivity contribution in [3.05, 3.63) is 167 Å². The molecule has 10 aromatic rings. The molecular formula is C65H71IrN5OSi-2. The van der Waals surface area contributed by atoms with Crippen molar-refractivity contribution in [2.45, 2.75) is 127 Å². The Labute approximate surface area is 448 Å². The second-order valence-corrected chi connectivity index (χ2v) is 28.3. The first-order chi connectivity index (χ1) is 34.1. The normalized spacial score (nSPS) is 12.1. The molecule has 1 radical (unpaired) electrons. The smallest absolute Gasteiger partial charge is 0.216 e. The largest absolute Gasteiger partial charge is 0.486 e. The van der Waals surface area contributed by atoms with Gasteiger partial charge in [0, 0.05) is 54.1 Å². The topological polar surface area (TPSA) is 69.6 Å². The number of imidazole rings is 1. The summed E-state index contributed by atoms with van der Waals surface area (Å²) >= 11 is 0. The third-order valence-corrected chi connectivity index (χ3v) is 15.7. The van der Waals surface area contributed by atoms with Crippen molar-refractivity contribution in [2.24, 2.45) is 11.3 Å². The maximum atomic E-state index is 6.71. The van der Waals surface area contributed by atoms with E-state index in [9.17, 15) is 0 Å². The van der Waals surface area contributed by atoms with Gasteiger partial charge in [-0.2, -0.15) is 0 Å². The Balaban J connectivity index is 0.000000260. The van der Waals surface area contributed by atoms with E-state index in [1.807, 2.05) is 13.0 Å². The number of aromatic nitrogens is 5. The van der Waals surface area contributed by atoms with Gasteiger partial charge in [-0.3, -0.25) is 9.97 Å². The summed E-state index contributed by atoms with van der Waals surface area (Å²) in [6, 6.07) is 45.8. The van der Waals surface area contributed by atoms with Gasteiger partial charge in [-0.15, -0.1) is 53.1 Å². The predicted molar refractivity (Wildman–Crippen MR) is 307 cm³/mol. The third kappa shape index (κ3) is 11.1. The maximum absolute atomic E-state index is 6.71. The summed E-state index contributed by atoms with van der Waals surface area (Å²) in [7, 11) is -1.36. The number of aryl methyl sites for hydroxylation is 3. The number of furan rings is 1. The summed E-state index contributed by atoms with van der Waals surface area (Å²) < 4.78 is 9.09. The Bertz CT molecular complexity index is 3600. The summed E-state index contributed by atoms with van der Waals surface area (Å²) in [6.07, 6.45) is 4.12. The van der Waals surface area contributed by atoms with Crippen molar-refractivity contribution in [3.63, 3.8) is 0 Å². The summed E-state index contributed by atoms with van der Waals surface area (Å²) in [5.41, 5.74) is 19.5. The zero-order valence-corrected chi connectivity index (χ0v) is 49.0. The maximum Gasteiger partial charge on any atom is 0.216 e. The van der Waals surface area contributed by atoms with Gasteiger partial charge in [-0.25, -0.2) is 4.98 Å². The molecule has 0 aliphatic heterocycles. The molecule has 5 aromatic carbocycles. The van der Waals surface area contributed by atoms with Gasteiger partial charge in [0.1, 0.15) is 0 Å². The van der Waals surface area contributed by atoms with Crippen LogP contribution in [0.15, 0.2) is 120 Å². The molecule has 5 heterocycles. The molecule has 0 amide bonds. The van der Waals surface area contributed by atoms with E-state index >= 15 is 0 Å². The third-order valence-electron chi connectivity index (χ3n) is 13.6. The van der Waals surface area contributed by atoms with Gasteiger partial charge >= 0.3 is 0 Å². The van der Waals surface area contributed by atoms with Crippen LogP contribution in [0.5, 0.6) is 0 Å². The number of pyridine rings is 3. The molecule has 8 heteroatoms. The second-order valence-electron chi connectivity index (χ2n) is 23.3. The van der Waals surface area contributed by atoms with Gasteiger partial charge in [-0.1, -0.05) is 149 Å². The van der Waals surface area contributed by atoms with Crippen LogP contribution in [-0.2, 0) is 32.9 Å². The molecule has 0 unspecified atom stereocenters. The first-order valence-electron chi connectivity index (χ1n) is 25.9. The molecule has 73 heavy (non-hydrogen) atoms. The molecule has 0 N–H and O–H groups in total. The summed E-state index contributed by atoms with van der Waals surface area (Å²) in [5.74, 6) is 1.93. The minimum Gasteiger partial charge on any atom is -0.486 e. The number of fused-ring (bicyclic) bond motifs is 6. The standard InChI is InChI=1S/C45H43N4O.C20H28NSi.Ir/c1-26(2)36-23-30(29-13-10-9-11-14-29)24-37(27(3)4)40(36)49-41-34-19-17-28(5)46-38(34)21-22-39(41)48-43(49)35-16-12-15-32-33-20-18-31(25-45(6,7)8)47-44(33)50-42(32)35;1-14(2)10-17-12-19(21-13-20(17)22(5,6)7)18-9-8-15(3)11-16(18)4;/h9-15,17-24,26-27H,25H2,1-8H3;8,11-14H,10H2,1-7H3;/q2*-1;. The van der Waals surface area contributed by atoms with Crippen LogP contribution in [0.1, 0.15) is 113 Å². The molecule has 377 valence electrons. The molecule has 0 aliphatic carbocycles. The van der Waals surface area contributed by atoms with Crippen LogP contribution >= 0.6 is 0 Å². The monoisotopic (exact) mass is 1160 g/mol.